The Morgan fingerprint density at radius 3 is 2.63 bits per heavy atom. The number of carbonyl (C=O) groups is 2. The molecule has 0 fully saturated rings. The number of imidazole rings is 1. The van der Waals surface area contributed by atoms with Crippen LogP contribution in [0.5, 0.6) is 0 Å². The van der Waals surface area contributed by atoms with Gasteiger partial charge in [0.05, 0.1) is 11.2 Å². The number of anilines is 1. The summed E-state index contributed by atoms with van der Waals surface area (Å²) in [5.74, 6) is -1.09. The Morgan fingerprint density at radius 2 is 1.92 bits per heavy atom. The summed E-state index contributed by atoms with van der Waals surface area (Å²) in [5, 5.41) is 15.4. The van der Waals surface area contributed by atoms with Crippen LogP contribution in [-0.4, -0.2) is 59.1 Å². The van der Waals surface area contributed by atoms with Crippen molar-refractivity contribution in [1.29, 1.82) is 0 Å². The van der Waals surface area contributed by atoms with E-state index in [2.05, 4.69) is 31.4 Å². The Balaban J connectivity index is 1.35. The maximum absolute atomic E-state index is 13.0. The van der Waals surface area contributed by atoms with Gasteiger partial charge >= 0.3 is 5.97 Å². The Kier molecular flexibility index (Phi) is 8.12. The molecule has 1 atom stereocenters. The number of hydrogen-bond donors (Lipinski definition) is 4. The van der Waals surface area contributed by atoms with Crippen LogP contribution in [0.4, 0.5) is 5.82 Å². The van der Waals surface area contributed by atoms with E-state index in [1.807, 2.05) is 13.0 Å². The molecule has 0 aliphatic carbocycles. The molecule has 1 aliphatic rings. The van der Waals surface area contributed by atoms with E-state index in [1.54, 1.807) is 36.7 Å². The van der Waals surface area contributed by atoms with Crippen LogP contribution in [0.3, 0.4) is 0 Å². The van der Waals surface area contributed by atoms with Crippen molar-refractivity contribution >= 4 is 27.7 Å². The second-order valence-corrected chi connectivity index (χ2v) is 11.2. The first-order valence-corrected chi connectivity index (χ1v) is 13.9. The third kappa shape index (κ3) is 6.37. The highest BCUT2D eigenvalue weighted by atomic mass is 32.2. The van der Waals surface area contributed by atoms with Crippen LogP contribution in [0.2, 0.25) is 0 Å². The van der Waals surface area contributed by atoms with Gasteiger partial charge in [0.1, 0.15) is 17.6 Å². The molecule has 0 saturated carbocycles. The monoisotopic (exact) mass is 540 g/mol. The van der Waals surface area contributed by atoms with E-state index < -0.39 is 34.5 Å². The number of pyridine rings is 1. The summed E-state index contributed by atoms with van der Waals surface area (Å²) in [6.07, 6.45) is 5.84. The molecule has 38 heavy (non-hydrogen) atoms. The van der Waals surface area contributed by atoms with Crippen molar-refractivity contribution < 1.29 is 23.1 Å². The fourth-order valence-electron chi connectivity index (χ4n) is 4.65. The molecule has 11 nitrogen and oxygen atoms in total. The van der Waals surface area contributed by atoms with E-state index in [0.717, 1.165) is 36.5 Å². The first-order valence-electron chi connectivity index (χ1n) is 12.4. The normalized spacial score (nSPS) is 13.9. The second kappa shape index (κ2) is 11.3. The third-order valence-electron chi connectivity index (χ3n) is 6.38. The predicted octanol–water partition coefficient (Wildman–Crippen LogP) is 1.97. The van der Waals surface area contributed by atoms with Gasteiger partial charge in [-0.1, -0.05) is 23.8 Å². The maximum atomic E-state index is 13.0. The number of carbonyl (C=O) groups excluding carboxylic acids is 1. The largest absolute Gasteiger partial charge is 0.480 e. The van der Waals surface area contributed by atoms with Crippen molar-refractivity contribution in [2.24, 2.45) is 0 Å². The minimum atomic E-state index is -4.14. The number of nitrogens with zero attached hydrogens (tertiary/aromatic N) is 3. The van der Waals surface area contributed by atoms with E-state index in [4.69, 9.17) is 0 Å². The average molecular weight is 541 g/mol. The highest BCUT2D eigenvalue weighted by Gasteiger charge is 2.28. The zero-order chi connectivity index (χ0) is 27.4. The lowest BCUT2D eigenvalue weighted by molar-refractivity contribution is -0.138. The summed E-state index contributed by atoms with van der Waals surface area (Å²) in [7, 11) is -4.14. The molecule has 1 unspecified atom stereocenters. The zero-order valence-corrected chi connectivity index (χ0v) is 22.4. The molecule has 3 heterocycles. The summed E-state index contributed by atoms with van der Waals surface area (Å²) >= 11 is 0. The number of aliphatic carboxylic acids is 1. The number of sulfonamides is 1. The van der Waals surface area contributed by atoms with Crippen molar-refractivity contribution in [3.8, 4) is 0 Å². The van der Waals surface area contributed by atoms with Crippen LogP contribution in [0.15, 0.2) is 41.7 Å². The van der Waals surface area contributed by atoms with Gasteiger partial charge in [-0.25, -0.2) is 18.4 Å². The van der Waals surface area contributed by atoms with Gasteiger partial charge in [-0.3, -0.25) is 9.59 Å². The minimum absolute atomic E-state index is 0.0311. The van der Waals surface area contributed by atoms with Gasteiger partial charge < -0.3 is 20.3 Å². The third-order valence-corrected chi connectivity index (χ3v) is 8.16. The molecule has 3 aromatic rings. The molecule has 0 spiro atoms. The minimum Gasteiger partial charge on any atom is -0.480 e. The van der Waals surface area contributed by atoms with Crippen molar-refractivity contribution in [3.05, 3.63) is 70.4 Å². The number of benzene rings is 1. The van der Waals surface area contributed by atoms with E-state index in [-0.39, 0.29) is 10.6 Å². The lowest BCUT2D eigenvalue weighted by atomic mass is 10.1. The number of carboxylic acid groups (broad SMARTS) is 1. The van der Waals surface area contributed by atoms with E-state index >= 15 is 0 Å². The number of amides is 1. The van der Waals surface area contributed by atoms with Crippen LogP contribution in [0.25, 0.3) is 0 Å². The molecule has 0 radical (unpaired) electrons. The molecule has 1 aromatic carbocycles. The van der Waals surface area contributed by atoms with Gasteiger partial charge in [-0.15, -0.1) is 0 Å². The Labute approximate surface area is 221 Å². The van der Waals surface area contributed by atoms with Crippen LogP contribution in [0, 0.1) is 20.8 Å². The molecule has 4 rings (SSSR count). The Hall–Kier alpha value is -3.77. The van der Waals surface area contributed by atoms with Crippen molar-refractivity contribution in [2.75, 3.05) is 18.4 Å². The van der Waals surface area contributed by atoms with Crippen molar-refractivity contribution in [1.82, 2.24) is 24.6 Å². The molecule has 0 saturated heterocycles. The van der Waals surface area contributed by atoms with Gasteiger partial charge in [0.2, 0.25) is 10.0 Å². The number of carboxylic acids is 1. The number of nitrogens with one attached hydrogen (secondary N) is 3. The number of aryl methyl sites for hydroxylation is 6. The second-order valence-electron chi connectivity index (χ2n) is 9.54. The molecular weight excluding hydrogens is 508 g/mol. The molecule has 1 aliphatic heterocycles. The summed E-state index contributed by atoms with van der Waals surface area (Å²) in [6.45, 7) is 6.18. The van der Waals surface area contributed by atoms with Gasteiger partial charge in [-0.2, -0.15) is 4.72 Å². The molecule has 2 aromatic heterocycles. The molecule has 202 valence electrons. The average Bonchev–Trinajstić information content (AvgIpc) is 3.33. The summed E-state index contributed by atoms with van der Waals surface area (Å²) < 4.78 is 29.9. The number of aromatic nitrogens is 3. The maximum Gasteiger partial charge on any atom is 0.323 e. The number of rotatable bonds is 10. The highest BCUT2D eigenvalue weighted by molar-refractivity contribution is 7.89. The zero-order valence-electron chi connectivity index (χ0n) is 21.6. The molecule has 4 N–H and O–H groups in total. The van der Waals surface area contributed by atoms with Gasteiger partial charge in [0.15, 0.2) is 0 Å². The topological polar surface area (TPSA) is 155 Å². The lowest BCUT2D eigenvalue weighted by Crippen LogP contribution is -2.48. The highest BCUT2D eigenvalue weighted by Crippen LogP contribution is 2.22. The first-order chi connectivity index (χ1) is 18.0. The Bertz CT molecular complexity index is 1440. The predicted molar refractivity (Wildman–Crippen MR) is 142 cm³/mol. The van der Waals surface area contributed by atoms with Gasteiger partial charge in [0.25, 0.3) is 5.91 Å². The first kappa shape index (κ1) is 27.3. The van der Waals surface area contributed by atoms with E-state index in [9.17, 15) is 23.1 Å². The summed E-state index contributed by atoms with van der Waals surface area (Å²) in [4.78, 5) is 33.2. The van der Waals surface area contributed by atoms with Crippen molar-refractivity contribution in [2.45, 2.75) is 57.5 Å². The van der Waals surface area contributed by atoms with Crippen LogP contribution in [-0.2, 0) is 34.2 Å². The quantitative estimate of drug-likeness (QED) is 0.304. The van der Waals surface area contributed by atoms with Crippen molar-refractivity contribution in [3.63, 3.8) is 0 Å². The standard InChI is InChI=1S/C26H32N6O5S/c1-16-11-17(2)23(18(3)12-16)38(36,37)31-21(26(34)35)13-28-25(33)22-14-32(15-29-22)10-8-20-7-6-19-5-4-9-27-24(19)30-20/h6-7,11-12,14-15,21,31H,4-5,8-10,13H2,1-3H3,(H,27,30)(H,28,33)(H,34,35). The van der Waals surface area contributed by atoms with Crippen LogP contribution in [0.1, 0.15) is 44.9 Å². The fourth-order valence-corrected chi connectivity index (χ4v) is 6.30. The van der Waals surface area contributed by atoms with Crippen LogP contribution < -0.4 is 15.4 Å². The fraction of sp³-hybridized carbons (Fsp3) is 0.385. The smallest absolute Gasteiger partial charge is 0.323 e. The Morgan fingerprint density at radius 1 is 1.18 bits per heavy atom. The van der Waals surface area contributed by atoms with E-state index in [1.165, 1.54) is 11.9 Å². The number of fused-ring (bicyclic) bond motifs is 1. The summed E-state index contributed by atoms with van der Waals surface area (Å²) in [5.41, 5.74) is 4.16. The van der Waals surface area contributed by atoms with Crippen LogP contribution >= 0.6 is 0 Å². The lowest BCUT2D eigenvalue weighted by Gasteiger charge is -2.18. The summed E-state index contributed by atoms with van der Waals surface area (Å²) in [6, 6.07) is 5.96. The number of hydrogen-bond acceptors (Lipinski definition) is 7. The molecular formula is C26H32N6O5S. The molecule has 1 amide bonds. The van der Waals surface area contributed by atoms with Gasteiger partial charge in [0, 0.05) is 37.9 Å². The van der Waals surface area contributed by atoms with E-state index in [0.29, 0.717) is 24.1 Å². The molecule has 0 bridgehead atoms. The van der Waals surface area contributed by atoms with Gasteiger partial charge in [-0.05, 0) is 56.4 Å². The molecule has 12 heteroatoms. The SMILES string of the molecule is Cc1cc(C)c(S(=O)(=O)NC(CNC(=O)c2cn(CCc3ccc4c(n3)NCCC4)cn2)C(=O)O)c(C)c1.